The second-order valence-corrected chi connectivity index (χ2v) is 4.08. The zero-order chi connectivity index (χ0) is 12.3. The Morgan fingerprint density at radius 1 is 1.50 bits per heavy atom. The summed E-state index contributed by atoms with van der Waals surface area (Å²) in [5.74, 6) is 0.688. The second kappa shape index (κ2) is 5.32. The lowest BCUT2D eigenvalue weighted by Crippen LogP contribution is -2.24. The Balaban J connectivity index is 3.24. The molecule has 0 saturated carbocycles. The van der Waals surface area contributed by atoms with Crippen LogP contribution in [0.1, 0.15) is 24.1 Å². The van der Waals surface area contributed by atoms with Crippen LogP contribution in [0.3, 0.4) is 0 Å². The fraction of sp³-hybridized carbons (Fsp3) is 0.417. The molecule has 3 nitrogen and oxygen atoms in total. The zero-order valence-corrected chi connectivity index (χ0v) is 10.7. The van der Waals surface area contributed by atoms with Gasteiger partial charge in [-0.25, -0.2) is 0 Å². The van der Waals surface area contributed by atoms with Gasteiger partial charge in [0, 0.05) is 0 Å². The maximum Gasteiger partial charge on any atom is 0.151 e. The molecule has 0 fully saturated rings. The number of carbonyl (C=O) groups is 1. The maximum absolute atomic E-state index is 11.5. The van der Waals surface area contributed by atoms with Crippen LogP contribution in [0.4, 0.5) is 0 Å². The molecule has 16 heavy (non-hydrogen) atoms. The van der Waals surface area contributed by atoms with Gasteiger partial charge in [-0.2, -0.15) is 0 Å². The van der Waals surface area contributed by atoms with E-state index in [4.69, 9.17) is 16.3 Å². The minimum Gasteiger partial charge on any atom is -0.495 e. The number of rotatable bonds is 4. The number of hydrogen-bond donors (Lipinski definition) is 1. The Morgan fingerprint density at radius 2 is 2.12 bits per heavy atom. The fourth-order valence-corrected chi connectivity index (χ4v) is 1.96. The van der Waals surface area contributed by atoms with Crippen molar-refractivity contribution in [3.63, 3.8) is 0 Å². The van der Waals surface area contributed by atoms with Crippen LogP contribution in [0.15, 0.2) is 12.1 Å². The van der Waals surface area contributed by atoms with E-state index in [0.717, 1.165) is 11.1 Å². The number of aryl methyl sites for hydroxylation is 1. The van der Waals surface area contributed by atoms with E-state index < -0.39 is 0 Å². The number of Topliss-reactive ketones (excluding diaryl/α,β-unsaturated/α-hetero) is 1. The number of benzene rings is 1. The molecule has 1 aromatic rings. The third-order valence-electron chi connectivity index (χ3n) is 2.55. The Kier molecular flexibility index (Phi) is 4.33. The molecule has 1 unspecified atom stereocenters. The van der Waals surface area contributed by atoms with Crippen LogP contribution in [-0.2, 0) is 4.79 Å². The molecule has 0 aliphatic heterocycles. The monoisotopic (exact) mass is 241 g/mol. The second-order valence-electron chi connectivity index (χ2n) is 3.68. The summed E-state index contributed by atoms with van der Waals surface area (Å²) in [6.45, 7) is 3.49. The lowest BCUT2D eigenvalue weighted by Gasteiger charge is -2.17. The number of carbonyl (C=O) groups excluding carboxylic acids is 1. The minimum absolute atomic E-state index is 0.0619. The van der Waals surface area contributed by atoms with Crippen molar-refractivity contribution < 1.29 is 9.53 Å². The first-order chi connectivity index (χ1) is 7.51. The molecule has 1 atom stereocenters. The highest BCUT2D eigenvalue weighted by Crippen LogP contribution is 2.30. The molecule has 0 aromatic heterocycles. The van der Waals surface area contributed by atoms with Crippen molar-refractivity contribution in [3.8, 4) is 5.75 Å². The van der Waals surface area contributed by atoms with Gasteiger partial charge in [0.1, 0.15) is 5.75 Å². The summed E-state index contributed by atoms with van der Waals surface area (Å²) in [7, 11) is 3.32. The molecule has 0 bridgehead atoms. The van der Waals surface area contributed by atoms with Gasteiger partial charge >= 0.3 is 0 Å². The van der Waals surface area contributed by atoms with Gasteiger partial charge in [0.05, 0.1) is 18.2 Å². The van der Waals surface area contributed by atoms with E-state index >= 15 is 0 Å². The highest BCUT2D eigenvalue weighted by Gasteiger charge is 2.18. The number of hydrogen-bond acceptors (Lipinski definition) is 3. The third kappa shape index (κ3) is 2.54. The third-order valence-corrected chi connectivity index (χ3v) is 2.84. The van der Waals surface area contributed by atoms with E-state index in [1.807, 2.05) is 13.0 Å². The van der Waals surface area contributed by atoms with Crippen molar-refractivity contribution >= 4 is 17.4 Å². The van der Waals surface area contributed by atoms with Gasteiger partial charge in [0.25, 0.3) is 0 Å². The summed E-state index contributed by atoms with van der Waals surface area (Å²) in [5.41, 5.74) is 1.87. The van der Waals surface area contributed by atoms with E-state index in [9.17, 15) is 4.79 Å². The van der Waals surface area contributed by atoms with Gasteiger partial charge in [0.15, 0.2) is 5.78 Å². The number of halogens is 1. The van der Waals surface area contributed by atoms with E-state index in [-0.39, 0.29) is 11.8 Å². The number of nitrogens with one attached hydrogen (secondary N) is 1. The lowest BCUT2D eigenvalue weighted by molar-refractivity contribution is -0.119. The topological polar surface area (TPSA) is 38.3 Å². The van der Waals surface area contributed by atoms with E-state index in [1.54, 1.807) is 27.1 Å². The van der Waals surface area contributed by atoms with Crippen LogP contribution >= 0.6 is 11.6 Å². The lowest BCUT2D eigenvalue weighted by atomic mass is 9.98. The van der Waals surface area contributed by atoms with Crippen molar-refractivity contribution in [2.45, 2.75) is 19.9 Å². The summed E-state index contributed by atoms with van der Waals surface area (Å²) >= 11 is 6.04. The van der Waals surface area contributed by atoms with Crippen molar-refractivity contribution in [2.75, 3.05) is 14.2 Å². The number of ether oxygens (including phenoxy) is 1. The Hall–Kier alpha value is -1.06. The van der Waals surface area contributed by atoms with Gasteiger partial charge in [0.2, 0.25) is 0 Å². The SMILES string of the molecule is CNC(C(C)=O)c1cc(Cl)c(OC)cc1C. The molecule has 1 aromatic carbocycles. The molecule has 0 aliphatic carbocycles. The quantitative estimate of drug-likeness (QED) is 0.880. The Bertz CT molecular complexity index is 404. The molecule has 1 rings (SSSR count). The van der Waals surface area contributed by atoms with Gasteiger partial charge in [-0.15, -0.1) is 0 Å². The van der Waals surface area contributed by atoms with E-state index in [1.165, 1.54) is 0 Å². The first-order valence-corrected chi connectivity index (χ1v) is 5.40. The number of methoxy groups -OCH3 is 1. The van der Waals surface area contributed by atoms with Gasteiger partial charge < -0.3 is 10.1 Å². The van der Waals surface area contributed by atoms with Crippen LogP contribution < -0.4 is 10.1 Å². The predicted molar refractivity (Wildman–Crippen MR) is 65.2 cm³/mol. The normalized spacial score (nSPS) is 12.3. The molecule has 0 aliphatic rings. The molecule has 4 heteroatoms. The number of likely N-dealkylation sites (N-methyl/N-ethyl adjacent to an activating group) is 1. The molecule has 88 valence electrons. The first kappa shape index (κ1) is 13.0. The number of ketones is 1. The van der Waals surface area contributed by atoms with Crippen LogP contribution in [0.2, 0.25) is 5.02 Å². The van der Waals surface area contributed by atoms with Crippen molar-refractivity contribution in [2.24, 2.45) is 0 Å². The average molecular weight is 242 g/mol. The average Bonchev–Trinajstić information content (AvgIpc) is 2.23. The summed E-state index contributed by atoms with van der Waals surface area (Å²) in [6.07, 6.45) is 0. The summed E-state index contributed by atoms with van der Waals surface area (Å²) in [5, 5.41) is 3.49. The van der Waals surface area contributed by atoms with Gasteiger partial charge in [-0.3, -0.25) is 4.79 Å². The molecular formula is C12H16ClNO2. The predicted octanol–water partition coefficient (Wildman–Crippen LogP) is 2.51. The smallest absolute Gasteiger partial charge is 0.151 e. The van der Waals surface area contributed by atoms with E-state index in [2.05, 4.69) is 5.32 Å². The van der Waals surface area contributed by atoms with E-state index in [0.29, 0.717) is 10.8 Å². The highest BCUT2D eigenvalue weighted by atomic mass is 35.5. The largest absolute Gasteiger partial charge is 0.495 e. The fourth-order valence-electron chi connectivity index (χ4n) is 1.72. The van der Waals surface area contributed by atoms with Crippen LogP contribution in [0.25, 0.3) is 0 Å². The molecule has 0 spiro atoms. The molecule has 0 heterocycles. The van der Waals surface area contributed by atoms with Crippen LogP contribution in [0.5, 0.6) is 5.75 Å². The Morgan fingerprint density at radius 3 is 2.56 bits per heavy atom. The Labute approximate surface area is 101 Å². The van der Waals surface area contributed by atoms with Crippen molar-refractivity contribution in [1.29, 1.82) is 0 Å². The zero-order valence-electron chi connectivity index (χ0n) is 9.93. The van der Waals surface area contributed by atoms with Gasteiger partial charge in [-0.1, -0.05) is 11.6 Å². The highest BCUT2D eigenvalue weighted by molar-refractivity contribution is 6.32. The standard InChI is InChI=1S/C12H16ClNO2/c1-7-5-11(16-4)10(13)6-9(7)12(14-3)8(2)15/h5-6,12,14H,1-4H3. The van der Waals surface area contributed by atoms with Crippen LogP contribution in [-0.4, -0.2) is 19.9 Å². The molecule has 0 radical (unpaired) electrons. The summed E-state index contributed by atoms with van der Waals surface area (Å²) < 4.78 is 5.12. The summed E-state index contributed by atoms with van der Waals surface area (Å²) in [4.78, 5) is 11.5. The minimum atomic E-state index is -0.316. The first-order valence-electron chi connectivity index (χ1n) is 5.03. The van der Waals surface area contributed by atoms with Crippen molar-refractivity contribution in [1.82, 2.24) is 5.32 Å². The van der Waals surface area contributed by atoms with Crippen molar-refractivity contribution in [3.05, 3.63) is 28.3 Å². The van der Waals surface area contributed by atoms with Crippen LogP contribution in [0, 0.1) is 6.92 Å². The summed E-state index contributed by atoms with van der Waals surface area (Å²) in [6, 6.07) is 3.30. The molecule has 0 amide bonds. The molecule has 0 saturated heterocycles. The maximum atomic E-state index is 11.5. The molecular weight excluding hydrogens is 226 g/mol. The van der Waals surface area contributed by atoms with Gasteiger partial charge in [-0.05, 0) is 44.2 Å². The molecule has 1 N–H and O–H groups in total.